The largest absolute Gasteiger partial charge is 0.397 e. The highest BCUT2D eigenvalue weighted by Gasteiger charge is 2.34. The molecule has 134 valence electrons. The number of alkyl halides is 3. The van der Waals surface area contributed by atoms with E-state index < -0.39 is 18.5 Å². The lowest BCUT2D eigenvalue weighted by Gasteiger charge is -2.28. The summed E-state index contributed by atoms with van der Waals surface area (Å²) in [5.41, 5.74) is 3.11. The molecule has 5 nitrogen and oxygen atoms in total. The molecule has 0 radical (unpaired) electrons. The van der Waals surface area contributed by atoms with Gasteiger partial charge in [-0.05, 0) is 29.7 Å². The molecule has 3 aromatic rings. The van der Waals surface area contributed by atoms with E-state index in [0.29, 0.717) is 24.1 Å². The quantitative estimate of drug-likeness (QED) is 0.758. The molecule has 3 aromatic heterocycles. The van der Waals surface area contributed by atoms with E-state index in [1.54, 1.807) is 18.6 Å². The number of nitrogens with zero attached hydrogens (tertiary/aromatic N) is 3. The average molecular weight is 360 g/mol. The van der Waals surface area contributed by atoms with Crippen LogP contribution in [-0.4, -0.2) is 45.0 Å². The third-order valence-corrected chi connectivity index (χ3v) is 4.49. The summed E-state index contributed by atoms with van der Waals surface area (Å²) in [5.74, 6) is -0.894. The van der Waals surface area contributed by atoms with Gasteiger partial charge in [-0.15, -0.1) is 0 Å². The number of carbonyl (C=O) groups excluding carboxylic acids is 1. The topological polar surface area (TPSA) is 61.9 Å². The van der Waals surface area contributed by atoms with Crippen LogP contribution >= 0.6 is 0 Å². The van der Waals surface area contributed by atoms with Gasteiger partial charge in [-0.3, -0.25) is 9.78 Å². The number of aromatic nitrogens is 3. The van der Waals surface area contributed by atoms with E-state index in [4.69, 9.17) is 0 Å². The van der Waals surface area contributed by atoms with Crippen molar-refractivity contribution in [2.24, 2.45) is 0 Å². The maximum absolute atomic E-state index is 12.5. The van der Waals surface area contributed by atoms with Gasteiger partial charge in [0.1, 0.15) is 12.1 Å². The van der Waals surface area contributed by atoms with Crippen LogP contribution < -0.4 is 0 Å². The Morgan fingerprint density at radius 1 is 1.27 bits per heavy atom. The Labute approximate surface area is 146 Å². The molecule has 0 bridgehead atoms. The third-order valence-electron chi connectivity index (χ3n) is 4.49. The number of rotatable bonds is 2. The maximum Gasteiger partial charge on any atom is 0.397 e. The van der Waals surface area contributed by atoms with Crippen molar-refractivity contribution in [2.75, 3.05) is 13.1 Å². The van der Waals surface area contributed by atoms with Crippen molar-refractivity contribution in [3.63, 3.8) is 0 Å². The van der Waals surface area contributed by atoms with Crippen LogP contribution in [0.25, 0.3) is 27.5 Å². The fourth-order valence-corrected chi connectivity index (χ4v) is 3.36. The Kier molecular flexibility index (Phi) is 3.90. The molecule has 0 spiro atoms. The van der Waals surface area contributed by atoms with Gasteiger partial charge < -0.3 is 9.88 Å². The summed E-state index contributed by atoms with van der Waals surface area (Å²) in [4.78, 5) is 24.9. The van der Waals surface area contributed by atoms with E-state index in [-0.39, 0.29) is 6.54 Å². The first-order chi connectivity index (χ1) is 12.4. The first kappa shape index (κ1) is 16.6. The zero-order chi connectivity index (χ0) is 18.3. The average Bonchev–Trinajstić information content (AvgIpc) is 3.09. The van der Waals surface area contributed by atoms with Crippen molar-refractivity contribution < 1.29 is 18.0 Å². The van der Waals surface area contributed by atoms with Crippen molar-refractivity contribution >= 4 is 33.4 Å². The fraction of sp³-hybridized carbons (Fsp3) is 0.278. The maximum atomic E-state index is 12.5. The Bertz CT molecular complexity index is 1020. The Morgan fingerprint density at radius 3 is 2.92 bits per heavy atom. The van der Waals surface area contributed by atoms with Crippen molar-refractivity contribution in [3.05, 3.63) is 42.4 Å². The zero-order valence-corrected chi connectivity index (χ0v) is 13.7. The van der Waals surface area contributed by atoms with Crippen LogP contribution in [-0.2, 0) is 4.79 Å². The summed E-state index contributed by atoms with van der Waals surface area (Å²) in [6.45, 7) is 0.449. The molecule has 0 saturated carbocycles. The van der Waals surface area contributed by atoms with Crippen molar-refractivity contribution in [3.8, 4) is 0 Å². The molecule has 1 N–H and O–H groups in total. The summed E-state index contributed by atoms with van der Waals surface area (Å²) in [7, 11) is 0. The van der Waals surface area contributed by atoms with Gasteiger partial charge in [0, 0.05) is 36.3 Å². The molecule has 4 rings (SSSR count). The van der Waals surface area contributed by atoms with Crippen molar-refractivity contribution in [2.45, 2.75) is 19.0 Å². The number of H-pyrrole nitrogens is 1. The summed E-state index contributed by atoms with van der Waals surface area (Å²) < 4.78 is 37.6. The van der Waals surface area contributed by atoms with Gasteiger partial charge in [-0.2, -0.15) is 13.2 Å². The highest BCUT2D eigenvalue weighted by atomic mass is 19.4. The zero-order valence-electron chi connectivity index (χ0n) is 13.7. The van der Waals surface area contributed by atoms with Crippen molar-refractivity contribution in [1.29, 1.82) is 0 Å². The van der Waals surface area contributed by atoms with Gasteiger partial charge in [-0.1, -0.05) is 6.08 Å². The Morgan fingerprint density at radius 2 is 2.12 bits per heavy atom. The lowest BCUT2D eigenvalue weighted by atomic mass is 9.96. The number of hydrogen-bond donors (Lipinski definition) is 1. The highest BCUT2D eigenvalue weighted by molar-refractivity contribution is 6.08. The second kappa shape index (κ2) is 6.12. The van der Waals surface area contributed by atoms with Gasteiger partial charge in [0.15, 0.2) is 0 Å². The lowest BCUT2D eigenvalue weighted by Crippen LogP contribution is -2.37. The van der Waals surface area contributed by atoms with E-state index in [2.05, 4.69) is 15.0 Å². The van der Waals surface area contributed by atoms with Crippen LogP contribution in [0.3, 0.4) is 0 Å². The molecule has 8 heteroatoms. The minimum absolute atomic E-state index is 0.155. The summed E-state index contributed by atoms with van der Waals surface area (Å²) in [6, 6.07) is 3.73. The second-order valence-corrected chi connectivity index (χ2v) is 6.24. The summed E-state index contributed by atoms with van der Waals surface area (Å²) >= 11 is 0. The fourth-order valence-electron chi connectivity index (χ4n) is 3.36. The molecule has 0 aromatic carbocycles. The van der Waals surface area contributed by atoms with Gasteiger partial charge in [0.05, 0.1) is 11.7 Å². The predicted octanol–water partition coefficient (Wildman–Crippen LogP) is 3.68. The number of fused-ring (bicyclic) bond motifs is 3. The minimum Gasteiger partial charge on any atom is -0.346 e. The predicted molar refractivity (Wildman–Crippen MR) is 91.2 cm³/mol. The molecule has 0 saturated heterocycles. The van der Waals surface area contributed by atoms with Crippen LogP contribution in [0, 0.1) is 0 Å². The van der Waals surface area contributed by atoms with Crippen LogP contribution in [0.5, 0.6) is 0 Å². The van der Waals surface area contributed by atoms with Gasteiger partial charge >= 0.3 is 6.18 Å². The number of pyridine rings is 2. The lowest BCUT2D eigenvalue weighted by molar-refractivity contribution is -0.161. The SMILES string of the molecule is O=C(CC(F)(F)F)N1CCC=C(c2ccnc3cnc4[nH]ccc4c23)C1. The number of nitrogens with one attached hydrogen (secondary N) is 1. The first-order valence-corrected chi connectivity index (χ1v) is 8.17. The second-order valence-electron chi connectivity index (χ2n) is 6.24. The molecule has 4 heterocycles. The first-order valence-electron chi connectivity index (χ1n) is 8.17. The number of halogens is 3. The minimum atomic E-state index is -4.50. The molecule has 0 atom stereocenters. The molecule has 1 amide bonds. The number of carbonyl (C=O) groups is 1. The molecular formula is C18H15F3N4O. The van der Waals surface area contributed by atoms with Gasteiger partial charge in [0.25, 0.3) is 0 Å². The van der Waals surface area contributed by atoms with E-state index in [0.717, 1.165) is 21.9 Å². The monoisotopic (exact) mass is 360 g/mol. The van der Waals surface area contributed by atoms with E-state index in [9.17, 15) is 18.0 Å². The highest BCUT2D eigenvalue weighted by Crippen LogP contribution is 2.32. The van der Waals surface area contributed by atoms with Gasteiger partial charge in [0.2, 0.25) is 5.91 Å². The molecule has 26 heavy (non-hydrogen) atoms. The summed E-state index contributed by atoms with van der Waals surface area (Å²) in [6.07, 6.45) is 1.66. The van der Waals surface area contributed by atoms with Crippen LogP contribution in [0.15, 0.2) is 36.8 Å². The van der Waals surface area contributed by atoms with Crippen molar-refractivity contribution in [1.82, 2.24) is 19.9 Å². The number of aromatic amines is 1. The molecule has 0 aliphatic carbocycles. The molecule has 0 unspecified atom stereocenters. The smallest absolute Gasteiger partial charge is 0.346 e. The van der Waals surface area contributed by atoms with Crippen LogP contribution in [0.2, 0.25) is 0 Å². The molecule has 1 aliphatic rings. The molecular weight excluding hydrogens is 345 g/mol. The van der Waals surface area contributed by atoms with Crippen LogP contribution in [0.4, 0.5) is 13.2 Å². The third kappa shape index (κ3) is 3.02. The molecule has 1 aliphatic heterocycles. The van der Waals surface area contributed by atoms with Crippen LogP contribution in [0.1, 0.15) is 18.4 Å². The normalized spacial score (nSPS) is 15.5. The molecule has 0 fully saturated rings. The number of hydrogen-bond acceptors (Lipinski definition) is 3. The number of amides is 1. The van der Waals surface area contributed by atoms with Gasteiger partial charge in [-0.25, -0.2) is 4.98 Å². The van der Waals surface area contributed by atoms with E-state index in [1.165, 1.54) is 4.90 Å². The van der Waals surface area contributed by atoms with E-state index >= 15 is 0 Å². The standard InChI is InChI=1S/C18H15F3N4O/c19-18(20,21)8-15(26)25-7-1-2-11(10-25)12-3-5-22-14-9-24-17-13(16(12)14)4-6-23-17/h2-6,9H,1,7-8,10H2,(H,23,24). The Balaban J connectivity index is 1.73. The Hall–Kier alpha value is -2.90. The summed E-state index contributed by atoms with van der Waals surface area (Å²) in [5, 5.41) is 1.78. The van der Waals surface area contributed by atoms with E-state index in [1.807, 2.05) is 18.2 Å².